The van der Waals surface area contributed by atoms with Gasteiger partial charge in [0.25, 0.3) is 0 Å². The molecule has 1 aromatic rings. The Kier molecular flexibility index (Phi) is 6.42. The van der Waals surface area contributed by atoms with Crippen molar-refractivity contribution in [1.29, 1.82) is 0 Å². The summed E-state index contributed by atoms with van der Waals surface area (Å²) in [7, 11) is 0. The molecule has 24 heavy (non-hydrogen) atoms. The summed E-state index contributed by atoms with van der Waals surface area (Å²) < 4.78 is 30.0. The molecule has 1 saturated heterocycles. The Balaban J connectivity index is 2.44. The fourth-order valence-corrected chi connectivity index (χ4v) is 3.96. The lowest BCUT2D eigenvalue weighted by Gasteiger charge is -2.35. The van der Waals surface area contributed by atoms with Crippen molar-refractivity contribution in [3.8, 4) is 5.75 Å². The second-order valence-electron chi connectivity index (χ2n) is 7.32. The largest absolute Gasteiger partial charge is 0.598 e. The van der Waals surface area contributed by atoms with E-state index in [-0.39, 0.29) is 22.3 Å². The first kappa shape index (κ1) is 19.8. The Morgan fingerprint density at radius 3 is 2.54 bits per heavy atom. The van der Waals surface area contributed by atoms with Crippen LogP contribution in [0.15, 0.2) is 6.07 Å². The summed E-state index contributed by atoms with van der Waals surface area (Å²) in [6, 6.07) is 0.918. The molecular weight excluding hydrogens is 351 g/mol. The summed E-state index contributed by atoms with van der Waals surface area (Å²) in [6.45, 7) is 8.84. The highest BCUT2D eigenvalue weighted by atomic mass is 35.5. The van der Waals surface area contributed by atoms with Crippen LogP contribution in [0.25, 0.3) is 0 Å². The highest BCUT2D eigenvalue weighted by molar-refractivity contribution is 7.90. The molecule has 0 saturated carbocycles. The number of benzene rings is 1. The number of phenolic OH excluding ortho intramolecular Hbond substituents is 1. The van der Waals surface area contributed by atoms with E-state index in [1.165, 1.54) is 6.07 Å². The SMILES string of the molecule is Cc1cc(O)c(C(N[S+]([O-])C(C)(C)C)C2CCNCC2)c(F)c1Cl. The molecule has 4 nitrogen and oxygen atoms in total. The van der Waals surface area contributed by atoms with Gasteiger partial charge >= 0.3 is 0 Å². The Hall–Kier alpha value is -0.530. The molecule has 1 aromatic carbocycles. The summed E-state index contributed by atoms with van der Waals surface area (Å²) in [4.78, 5) is 0. The van der Waals surface area contributed by atoms with Crippen LogP contribution in [0.3, 0.4) is 0 Å². The van der Waals surface area contributed by atoms with Crippen LogP contribution in [0, 0.1) is 18.7 Å². The van der Waals surface area contributed by atoms with Crippen molar-refractivity contribution in [1.82, 2.24) is 10.0 Å². The third-order valence-electron chi connectivity index (χ3n) is 4.36. The van der Waals surface area contributed by atoms with Crippen LogP contribution in [0.5, 0.6) is 5.75 Å². The van der Waals surface area contributed by atoms with Crippen LogP contribution >= 0.6 is 11.6 Å². The van der Waals surface area contributed by atoms with Gasteiger partial charge in [-0.25, -0.2) is 4.39 Å². The van der Waals surface area contributed by atoms with Gasteiger partial charge in [0.1, 0.15) is 10.5 Å². The van der Waals surface area contributed by atoms with Crippen LogP contribution in [0.2, 0.25) is 5.02 Å². The highest BCUT2D eigenvalue weighted by Crippen LogP contribution is 2.40. The molecule has 0 aromatic heterocycles. The Bertz CT molecular complexity index is 589. The summed E-state index contributed by atoms with van der Waals surface area (Å²) in [5.74, 6) is -0.704. The molecule has 0 spiro atoms. The molecule has 2 atom stereocenters. The van der Waals surface area contributed by atoms with Crippen LogP contribution in [0.4, 0.5) is 4.39 Å². The molecule has 1 fully saturated rings. The number of piperidine rings is 1. The van der Waals surface area contributed by atoms with Gasteiger partial charge < -0.3 is 15.0 Å². The predicted octanol–water partition coefficient (Wildman–Crippen LogP) is 3.59. The number of aryl methyl sites for hydroxylation is 1. The number of hydrogen-bond donors (Lipinski definition) is 3. The number of halogens is 2. The molecule has 0 radical (unpaired) electrons. The Morgan fingerprint density at radius 2 is 2.00 bits per heavy atom. The van der Waals surface area contributed by atoms with E-state index in [1.54, 1.807) is 6.92 Å². The van der Waals surface area contributed by atoms with Gasteiger partial charge in [-0.15, -0.1) is 4.72 Å². The van der Waals surface area contributed by atoms with Crippen molar-refractivity contribution in [3.63, 3.8) is 0 Å². The normalized spacial score (nSPS) is 19.3. The maximum atomic E-state index is 14.8. The van der Waals surface area contributed by atoms with Crippen LogP contribution in [-0.4, -0.2) is 27.5 Å². The molecule has 2 unspecified atom stereocenters. The lowest BCUT2D eigenvalue weighted by atomic mass is 9.85. The molecule has 3 N–H and O–H groups in total. The number of rotatable bonds is 4. The monoisotopic (exact) mass is 376 g/mol. The zero-order chi connectivity index (χ0) is 18.1. The van der Waals surface area contributed by atoms with Gasteiger partial charge in [0.05, 0.1) is 16.6 Å². The van der Waals surface area contributed by atoms with E-state index in [9.17, 15) is 14.0 Å². The quantitative estimate of drug-likeness (QED) is 0.702. The molecule has 0 aliphatic carbocycles. The number of phenols is 1. The summed E-state index contributed by atoms with van der Waals surface area (Å²) in [5.41, 5.74) is 0.603. The van der Waals surface area contributed by atoms with Gasteiger partial charge in [0.15, 0.2) is 5.82 Å². The maximum Gasteiger partial charge on any atom is 0.150 e. The zero-order valence-electron chi connectivity index (χ0n) is 14.6. The number of nitrogens with one attached hydrogen (secondary N) is 2. The van der Waals surface area contributed by atoms with Gasteiger partial charge in [0.2, 0.25) is 0 Å². The second kappa shape index (κ2) is 7.79. The van der Waals surface area contributed by atoms with Crippen molar-refractivity contribution in [2.45, 2.75) is 51.3 Å². The smallest absolute Gasteiger partial charge is 0.150 e. The minimum atomic E-state index is -1.39. The number of hydrogen-bond acceptors (Lipinski definition) is 4. The standard InChI is InChI=1S/C17H26ClFN2O2S/c1-10-9-12(22)13(15(19)14(10)18)16(11-5-7-20-8-6-11)21-24(23)17(2,3)4/h9,11,16,20-22H,5-8H2,1-4H3. The molecule has 2 rings (SSSR count). The Labute approximate surface area is 151 Å². The molecule has 7 heteroatoms. The summed E-state index contributed by atoms with van der Waals surface area (Å²) in [6.07, 6.45) is 1.62. The second-order valence-corrected chi connectivity index (χ2v) is 9.69. The molecule has 0 bridgehead atoms. The van der Waals surface area contributed by atoms with E-state index >= 15 is 0 Å². The van der Waals surface area contributed by atoms with Gasteiger partial charge in [-0.1, -0.05) is 11.6 Å². The average molecular weight is 377 g/mol. The average Bonchev–Trinajstić information content (AvgIpc) is 2.51. The van der Waals surface area contributed by atoms with Gasteiger partial charge in [-0.05, 0) is 71.2 Å². The third-order valence-corrected chi connectivity index (χ3v) is 6.41. The molecule has 1 aliphatic rings. The van der Waals surface area contributed by atoms with E-state index in [0.29, 0.717) is 5.56 Å². The van der Waals surface area contributed by atoms with Gasteiger partial charge in [-0.3, -0.25) is 0 Å². The summed E-state index contributed by atoms with van der Waals surface area (Å²) >= 11 is 4.67. The van der Waals surface area contributed by atoms with Crippen molar-refractivity contribution in [3.05, 3.63) is 28.0 Å². The minimum absolute atomic E-state index is 0.00470. The Morgan fingerprint density at radius 1 is 1.42 bits per heavy atom. The van der Waals surface area contributed by atoms with E-state index in [4.69, 9.17) is 11.6 Å². The van der Waals surface area contributed by atoms with Crippen molar-refractivity contribution in [2.75, 3.05) is 13.1 Å². The van der Waals surface area contributed by atoms with E-state index in [2.05, 4.69) is 10.0 Å². The lowest BCUT2D eigenvalue weighted by molar-refractivity contribution is 0.293. The maximum absolute atomic E-state index is 14.8. The van der Waals surface area contributed by atoms with Crippen molar-refractivity contribution < 1.29 is 14.0 Å². The molecular formula is C17H26ClFN2O2S. The van der Waals surface area contributed by atoms with E-state index < -0.39 is 28.0 Å². The first-order valence-electron chi connectivity index (χ1n) is 8.19. The lowest BCUT2D eigenvalue weighted by Crippen LogP contribution is -2.45. The highest BCUT2D eigenvalue weighted by Gasteiger charge is 2.37. The van der Waals surface area contributed by atoms with Crippen molar-refractivity contribution in [2.24, 2.45) is 5.92 Å². The molecule has 1 heterocycles. The van der Waals surface area contributed by atoms with Crippen LogP contribution < -0.4 is 10.0 Å². The molecule has 0 amide bonds. The number of aromatic hydroxyl groups is 1. The summed E-state index contributed by atoms with van der Waals surface area (Å²) in [5, 5.41) is 13.6. The topological polar surface area (TPSA) is 67.3 Å². The van der Waals surface area contributed by atoms with E-state index in [1.807, 2.05) is 20.8 Å². The molecule has 1 aliphatic heterocycles. The van der Waals surface area contributed by atoms with Gasteiger partial charge in [-0.2, -0.15) is 0 Å². The van der Waals surface area contributed by atoms with Crippen LogP contribution in [0.1, 0.15) is 50.8 Å². The van der Waals surface area contributed by atoms with Gasteiger partial charge in [0, 0.05) is 11.4 Å². The zero-order valence-corrected chi connectivity index (χ0v) is 16.2. The minimum Gasteiger partial charge on any atom is -0.598 e. The fourth-order valence-electron chi connectivity index (χ4n) is 2.91. The third kappa shape index (κ3) is 4.35. The first-order chi connectivity index (χ1) is 11.1. The van der Waals surface area contributed by atoms with E-state index in [0.717, 1.165) is 25.9 Å². The molecule has 136 valence electrons. The van der Waals surface area contributed by atoms with Crippen LogP contribution in [-0.2, 0) is 11.4 Å². The first-order valence-corrected chi connectivity index (χ1v) is 9.72. The fraction of sp³-hybridized carbons (Fsp3) is 0.647. The predicted molar refractivity (Wildman–Crippen MR) is 97.2 cm³/mol. The van der Waals surface area contributed by atoms with Crippen molar-refractivity contribution >= 4 is 23.0 Å².